The summed E-state index contributed by atoms with van der Waals surface area (Å²) >= 11 is 3.86. The van der Waals surface area contributed by atoms with Gasteiger partial charge in [-0.05, 0) is 177 Å². The zero-order chi connectivity index (χ0) is 39.6. The van der Waals surface area contributed by atoms with Crippen molar-refractivity contribution < 1.29 is 14.5 Å². The summed E-state index contributed by atoms with van der Waals surface area (Å²) in [6, 6.07) is 23.4. The summed E-state index contributed by atoms with van der Waals surface area (Å²) in [5.41, 5.74) is 10.7. The Morgan fingerprint density at radius 2 is 1.04 bits per heavy atom. The Morgan fingerprint density at radius 3 is 1.46 bits per heavy atom. The van der Waals surface area contributed by atoms with Crippen molar-refractivity contribution in [2.45, 2.75) is 44.9 Å². The molecule has 292 valence electrons. The van der Waals surface area contributed by atoms with Gasteiger partial charge in [0.15, 0.2) is 0 Å². The van der Waals surface area contributed by atoms with Crippen LogP contribution >= 0.6 is 15.9 Å². The van der Waals surface area contributed by atoms with Gasteiger partial charge < -0.3 is 19.8 Å². The summed E-state index contributed by atoms with van der Waals surface area (Å²) in [6.07, 6.45) is 11.4. The largest absolute Gasteiger partial charge is 0.357 e. The minimum atomic E-state index is -1.00. The van der Waals surface area contributed by atoms with Crippen LogP contribution in [0.4, 0.5) is 13.2 Å². The van der Waals surface area contributed by atoms with Gasteiger partial charge in [0.2, 0.25) is 0 Å². The van der Waals surface area contributed by atoms with Crippen LogP contribution in [0.3, 0.4) is 0 Å². The quantitative estimate of drug-likeness (QED) is 0.175. The Balaban J connectivity index is 0.000000201. The Bertz CT molecular complexity index is 2190. The number of nitrogens with one attached hydrogen (secondary N) is 2. The summed E-state index contributed by atoms with van der Waals surface area (Å²) < 4.78 is 43.4. The van der Waals surface area contributed by atoms with Gasteiger partial charge in [-0.25, -0.2) is 8.78 Å². The molecule has 0 aliphatic carbocycles. The van der Waals surface area contributed by atoms with Crippen molar-refractivity contribution in [2.75, 3.05) is 47.4 Å². The third-order valence-electron chi connectivity index (χ3n) is 10.6. The van der Waals surface area contributed by atoms with Crippen molar-refractivity contribution in [1.82, 2.24) is 29.7 Å². The number of rotatable bonds is 6. The molecule has 6 heterocycles. The van der Waals surface area contributed by atoms with E-state index in [0.717, 1.165) is 107 Å². The minimum Gasteiger partial charge on any atom is -0.357 e. The minimum absolute atomic E-state index is 0. The van der Waals surface area contributed by atoms with Crippen LogP contribution in [0.25, 0.3) is 44.8 Å². The number of benzene rings is 2. The molecule has 4 aromatic heterocycles. The number of nitrogens with zero attached hydrogens (tertiary/aromatic N) is 5. The van der Waals surface area contributed by atoms with Crippen molar-refractivity contribution in [3.63, 3.8) is 0 Å². The van der Waals surface area contributed by atoms with Gasteiger partial charge in [0.1, 0.15) is 17.7 Å². The second kappa shape index (κ2) is 19.7. The molecule has 0 radical (unpaired) electrons. The first-order valence-electron chi connectivity index (χ1n) is 19.0. The molecule has 2 N–H and O–H groups in total. The highest BCUT2D eigenvalue weighted by Gasteiger charge is 2.28. The normalized spacial score (nSPS) is 15.3. The fourth-order valence-corrected chi connectivity index (χ4v) is 8.43. The van der Waals surface area contributed by atoms with Crippen LogP contribution in [0.2, 0.25) is 0 Å². The number of piperidine rings is 2. The molecule has 0 atom stereocenters. The number of alkyl halides is 1. The van der Waals surface area contributed by atoms with Gasteiger partial charge in [-0.3, -0.25) is 14.4 Å². The van der Waals surface area contributed by atoms with Gasteiger partial charge in [-0.2, -0.15) is 5.26 Å². The molecule has 2 saturated heterocycles. The van der Waals surface area contributed by atoms with E-state index in [1.54, 1.807) is 36.9 Å². The Hall–Kier alpha value is -5.02. The van der Waals surface area contributed by atoms with Crippen molar-refractivity contribution in [3.05, 3.63) is 131 Å². The maximum Gasteiger partial charge on any atom is 0.123 e. The van der Waals surface area contributed by atoms with Crippen LogP contribution in [0.1, 0.15) is 63.3 Å². The number of likely N-dealkylation sites (tertiary alicyclic amines) is 2. The summed E-state index contributed by atoms with van der Waals surface area (Å²) in [5, 5.41) is 9.99. The highest BCUT2D eigenvalue weighted by Crippen LogP contribution is 2.44. The Labute approximate surface area is 338 Å². The Kier molecular flexibility index (Phi) is 14.3. The lowest BCUT2D eigenvalue weighted by atomic mass is 9.89. The summed E-state index contributed by atoms with van der Waals surface area (Å²) in [5.74, 6) is 0.327. The average Bonchev–Trinajstić information content (AvgIpc) is 3.78. The molecule has 0 spiro atoms. The zero-order valence-corrected chi connectivity index (χ0v) is 32.6. The monoisotopic (exact) mass is 824 g/mol. The lowest BCUT2D eigenvalue weighted by Gasteiger charge is -2.28. The predicted molar refractivity (Wildman–Crippen MR) is 224 cm³/mol. The molecule has 2 aromatic carbocycles. The highest BCUT2D eigenvalue weighted by atomic mass is 79.9. The van der Waals surface area contributed by atoms with Crippen molar-refractivity contribution in [1.29, 1.82) is 5.26 Å². The van der Waals surface area contributed by atoms with Crippen LogP contribution in [0.5, 0.6) is 0 Å². The summed E-state index contributed by atoms with van der Waals surface area (Å²) in [6.45, 7) is 4.25. The number of hydrogen-bond acceptors (Lipinski definition) is 5. The van der Waals surface area contributed by atoms with Crippen LogP contribution < -0.4 is 0 Å². The maximum atomic E-state index is 13.4. The molecule has 0 saturated carbocycles. The van der Waals surface area contributed by atoms with E-state index in [2.05, 4.69) is 65.8 Å². The number of aromatic nitrogens is 4. The van der Waals surface area contributed by atoms with Crippen molar-refractivity contribution >= 4 is 15.9 Å². The molecular weight excluding hydrogens is 775 g/mol. The van der Waals surface area contributed by atoms with Gasteiger partial charge in [-0.1, -0.05) is 7.43 Å². The van der Waals surface area contributed by atoms with Gasteiger partial charge in [0.05, 0.1) is 25.5 Å². The topological polar surface area (TPSA) is 87.6 Å². The van der Waals surface area contributed by atoms with E-state index in [1.807, 2.05) is 36.4 Å². The molecule has 56 heavy (non-hydrogen) atoms. The molecule has 0 unspecified atom stereocenters. The number of H-pyrrole nitrogens is 2. The molecular formula is C45H49BrF3N7. The highest BCUT2D eigenvalue weighted by molar-refractivity contribution is 9.10. The molecule has 2 aliphatic heterocycles. The summed E-state index contributed by atoms with van der Waals surface area (Å²) in [7, 11) is 3.30. The fraction of sp³-hybridized carbons (Fsp3) is 0.311. The molecule has 8 rings (SSSR count). The van der Waals surface area contributed by atoms with Crippen LogP contribution in [0.15, 0.2) is 102 Å². The van der Waals surface area contributed by atoms with E-state index < -0.39 is 7.15 Å². The SMILES string of the molecule is C.CN1CCC(c2[nH]c(-c3ccc(F)cc3)c(-c3ccncc3)c2Br)CC1.CN1CCC(c2[nH]c(-c3ccc(F)cc3)c(-c3ccncc3)c2C#N)CC1.[2H]CF. The van der Waals surface area contributed by atoms with Gasteiger partial charge >= 0.3 is 0 Å². The number of nitriles is 1. The van der Waals surface area contributed by atoms with E-state index in [4.69, 9.17) is 1.37 Å². The second-order valence-corrected chi connectivity index (χ2v) is 14.8. The van der Waals surface area contributed by atoms with Gasteiger partial charge in [0, 0.05) is 63.6 Å². The van der Waals surface area contributed by atoms with Crippen molar-refractivity contribution in [3.8, 4) is 50.8 Å². The van der Waals surface area contributed by atoms with E-state index in [9.17, 15) is 18.4 Å². The third-order valence-corrected chi connectivity index (χ3v) is 11.4. The maximum absolute atomic E-state index is 13.4. The molecule has 0 bridgehead atoms. The van der Waals surface area contributed by atoms with Gasteiger partial charge in [-0.15, -0.1) is 0 Å². The summed E-state index contributed by atoms with van der Waals surface area (Å²) in [4.78, 5) is 20.1. The number of hydrogen-bond donors (Lipinski definition) is 2. The Morgan fingerprint density at radius 1 is 0.661 bits per heavy atom. The predicted octanol–water partition coefficient (Wildman–Crippen LogP) is 11.2. The molecule has 2 fully saturated rings. The third kappa shape index (κ3) is 9.49. The smallest absolute Gasteiger partial charge is 0.123 e. The fourth-order valence-electron chi connectivity index (χ4n) is 7.58. The second-order valence-electron chi connectivity index (χ2n) is 14.0. The van der Waals surface area contributed by atoms with E-state index in [0.29, 0.717) is 17.4 Å². The molecule has 11 heteroatoms. The van der Waals surface area contributed by atoms with Crippen LogP contribution in [-0.2, 0) is 0 Å². The molecule has 6 aromatic rings. The van der Waals surface area contributed by atoms with Gasteiger partial charge in [0.25, 0.3) is 0 Å². The number of halogens is 4. The standard InChI is InChI=1S/C22H21FN4.C21H21BrFN3.CH3F.CH4/c1-27-12-8-17(9-13-27)21-19(14-24)20(15-6-10-25-11-7-15)22(26-21)16-2-4-18(23)5-3-16;1-26-12-8-16(9-13-26)21-19(22)18(14-6-10-24-11-7-14)20(25-21)15-2-4-17(23)5-3-15;1-2;/h2-7,10-11,17,26H,8-9,12-13H2,1H3;2-7,10-11,16,25H,8-9,12-13H2,1H3;1H3;1H4/i;;1D;. The number of aromatic amines is 2. The van der Waals surface area contributed by atoms with Crippen LogP contribution in [0, 0.1) is 23.0 Å². The van der Waals surface area contributed by atoms with Crippen molar-refractivity contribution in [2.24, 2.45) is 0 Å². The van der Waals surface area contributed by atoms with E-state index >= 15 is 0 Å². The van der Waals surface area contributed by atoms with Crippen LogP contribution in [-0.4, -0.2) is 77.2 Å². The molecule has 2 aliphatic rings. The average molecular weight is 826 g/mol. The number of pyridine rings is 2. The molecule has 7 nitrogen and oxygen atoms in total. The lowest BCUT2D eigenvalue weighted by Crippen LogP contribution is -2.29. The van der Waals surface area contributed by atoms with E-state index in [1.165, 1.54) is 30.0 Å². The van der Waals surface area contributed by atoms with E-state index in [-0.39, 0.29) is 19.1 Å². The first-order valence-corrected chi connectivity index (χ1v) is 19.1. The lowest BCUT2D eigenvalue weighted by molar-refractivity contribution is 0.253. The molecule has 0 amide bonds. The first kappa shape index (κ1) is 40.6. The zero-order valence-electron chi connectivity index (χ0n) is 32.0. The first-order chi connectivity index (χ1) is 27.2.